The Morgan fingerprint density at radius 1 is 1.24 bits per heavy atom. The fourth-order valence-corrected chi connectivity index (χ4v) is 3.22. The lowest BCUT2D eigenvalue weighted by Crippen LogP contribution is -1.87. The van der Waals surface area contributed by atoms with E-state index in [0.29, 0.717) is 0 Å². The second-order valence-corrected chi connectivity index (χ2v) is 5.08. The van der Waals surface area contributed by atoms with Crippen molar-refractivity contribution >= 4 is 11.3 Å². The second kappa shape index (κ2) is 3.28. The number of nitrogens with zero attached hydrogens (tertiary/aromatic N) is 2. The number of fused-ring (bicyclic) bond motifs is 3. The molecular formula is C13H9N3S. The molecule has 0 fully saturated rings. The molecule has 3 aromatic rings. The molecule has 1 aliphatic carbocycles. The van der Waals surface area contributed by atoms with E-state index in [1.54, 1.807) is 11.3 Å². The molecule has 0 atom stereocenters. The minimum atomic E-state index is 0.969. The molecule has 0 aliphatic heterocycles. The number of thiophene rings is 1. The third-order valence-corrected chi connectivity index (χ3v) is 4.05. The van der Waals surface area contributed by atoms with Gasteiger partial charge < -0.3 is 0 Å². The highest BCUT2D eigenvalue weighted by Crippen LogP contribution is 2.41. The van der Waals surface area contributed by atoms with E-state index in [2.05, 4.69) is 26.6 Å². The van der Waals surface area contributed by atoms with Crippen molar-refractivity contribution < 1.29 is 0 Å². The average molecular weight is 239 g/mol. The summed E-state index contributed by atoms with van der Waals surface area (Å²) in [5, 5.41) is 9.67. The van der Waals surface area contributed by atoms with Gasteiger partial charge in [0.25, 0.3) is 0 Å². The highest BCUT2D eigenvalue weighted by Gasteiger charge is 2.26. The van der Waals surface area contributed by atoms with Crippen molar-refractivity contribution in [2.24, 2.45) is 0 Å². The molecule has 4 heteroatoms. The van der Waals surface area contributed by atoms with Crippen molar-refractivity contribution in [3.05, 3.63) is 46.3 Å². The summed E-state index contributed by atoms with van der Waals surface area (Å²) in [4.78, 5) is 5.79. The molecule has 3 aromatic heterocycles. The Labute approximate surface area is 102 Å². The Kier molecular flexibility index (Phi) is 1.76. The van der Waals surface area contributed by atoms with Crippen LogP contribution in [0.3, 0.4) is 0 Å². The van der Waals surface area contributed by atoms with Gasteiger partial charge in [0, 0.05) is 28.6 Å². The van der Waals surface area contributed by atoms with Gasteiger partial charge >= 0.3 is 0 Å². The Morgan fingerprint density at radius 3 is 3.12 bits per heavy atom. The number of hydrogen-bond donors (Lipinski definition) is 1. The van der Waals surface area contributed by atoms with Gasteiger partial charge in [-0.3, -0.25) is 10.1 Å². The number of aromatic nitrogens is 3. The third kappa shape index (κ3) is 1.21. The Balaban J connectivity index is 1.91. The highest BCUT2D eigenvalue weighted by molar-refractivity contribution is 7.10. The Morgan fingerprint density at radius 2 is 2.24 bits per heavy atom. The first-order valence-corrected chi connectivity index (χ1v) is 6.37. The van der Waals surface area contributed by atoms with Crippen LogP contribution in [0.2, 0.25) is 0 Å². The van der Waals surface area contributed by atoms with E-state index in [9.17, 15) is 0 Å². The third-order valence-electron chi connectivity index (χ3n) is 3.13. The zero-order chi connectivity index (χ0) is 11.2. The number of pyridine rings is 1. The van der Waals surface area contributed by atoms with Crippen LogP contribution in [0.25, 0.3) is 22.6 Å². The second-order valence-electron chi connectivity index (χ2n) is 4.07. The van der Waals surface area contributed by atoms with Crippen LogP contribution in [0.15, 0.2) is 35.8 Å². The largest absolute Gasteiger partial charge is 0.275 e. The van der Waals surface area contributed by atoms with Gasteiger partial charge in [0.05, 0.1) is 17.1 Å². The molecule has 0 bridgehead atoms. The van der Waals surface area contributed by atoms with Crippen LogP contribution < -0.4 is 0 Å². The molecule has 1 N–H and O–H groups in total. The molecule has 17 heavy (non-hydrogen) atoms. The van der Waals surface area contributed by atoms with Crippen LogP contribution in [0.5, 0.6) is 0 Å². The van der Waals surface area contributed by atoms with Gasteiger partial charge in [-0.1, -0.05) is 6.07 Å². The Bertz CT molecular complexity index is 682. The van der Waals surface area contributed by atoms with Crippen molar-refractivity contribution in [3.63, 3.8) is 0 Å². The minimum Gasteiger partial charge on any atom is -0.275 e. The SMILES string of the molecule is c1ccc(-c2[nH]nc3c2Cc2sccc2-3)nc1. The van der Waals surface area contributed by atoms with Crippen molar-refractivity contribution in [2.75, 3.05) is 0 Å². The smallest absolute Gasteiger partial charge is 0.0974 e. The first kappa shape index (κ1) is 9.13. The topological polar surface area (TPSA) is 41.6 Å². The van der Waals surface area contributed by atoms with Crippen molar-refractivity contribution in [1.82, 2.24) is 15.2 Å². The van der Waals surface area contributed by atoms with Crippen molar-refractivity contribution in [2.45, 2.75) is 6.42 Å². The fourth-order valence-electron chi connectivity index (χ4n) is 2.33. The zero-order valence-corrected chi connectivity index (χ0v) is 9.79. The van der Waals surface area contributed by atoms with Crippen LogP contribution in [-0.4, -0.2) is 15.2 Å². The summed E-state index contributed by atoms with van der Waals surface area (Å²) in [6.45, 7) is 0. The van der Waals surface area contributed by atoms with E-state index in [1.165, 1.54) is 16.0 Å². The van der Waals surface area contributed by atoms with Crippen molar-refractivity contribution in [1.29, 1.82) is 0 Å². The van der Waals surface area contributed by atoms with Gasteiger partial charge in [-0.05, 0) is 23.6 Å². The first-order valence-electron chi connectivity index (χ1n) is 5.49. The first-order chi connectivity index (χ1) is 8.43. The molecule has 0 aromatic carbocycles. The lowest BCUT2D eigenvalue weighted by atomic mass is 10.1. The quantitative estimate of drug-likeness (QED) is 0.554. The number of nitrogens with one attached hydrogen (secondary N) is 1. The van der Waals surface area contributed by atoms with Crippen LogP contribution in [0.1, 0.15) is 10.4 Å². The fraction of sp³-hybridized carbons (Fsp3) is 0.0769. The predicted molar refractivity (Wildman–Crippen MR) is 67.9 cm³/mol. The maximum Gasteiger partial charge on any atom is 0.0974 e. The van der Waals surface area contributed by atoms with Crippen LogP contribution >= 0.6 is 11.3 Å². The van der Waals surface area contributed by atoms with Gasteiger partial charge in [0.1, 0.15) is 0 Å². The molecule has 0 saturated carbocycles. The molecule has 0 saturated heterocycles. The molecule has 0 spiro atoms. The van der Waals surface area contributed by atoms with E-state index in [4.69, 9.17) is 0 Å². The summed E-state index contributed by atoms with van der Waals surface area (Å²) in [5.41, 5.74) is 5.69. The maximum absolute atomic E-state index is 4.43. The van der Waals surface area contributed by atoms with E-state index in [-0.39, 0.29) is 0 Å². The van der Waals surface area contributed by atoms with Crippen LogP contribution in [-0.2, 0) is 6.42 Å². The lowest BCUT2D eigenvalue weighted by molar-refractivity contribution is 1.09. The molecule has 3 heterocycles. The molecule has 82 valence electrons. The zero-order valence-electron chi connectivity index (χ0n) is 8.97. The maximum atomic E-state index is 4.43. The van der Waals surface area contributed by atoms with Gasteiger partial charge in [0.15, 0.2) is 0 Å². The highest BCUT2D eigenvalue weighted by atomic mass is 32.1. The van der Waals surface area contributed by atoms with Gasteiger partial charge in [0.2, 0.25) is 0 Å². The monoisotopic (exact) mass is 239 g/mol. The molecular weight excluding hydrogens is 230 g/mol. The predicted octanol–water partition coefficient (Wildman–Crippen LogP) is 3.10. The average Bonchev–Trinajstić information content (AvgIpc) is 3.00. The van der Waals surface area contributed by atoms with E-state index in [1.807, 2.05) is 24.4 Å². The Hall–Kier alpha value is -1.94. The lowest BCUT2D eigenvalue weighted by Gasteiger charge is -1.98. The molecule has 0 amide bonds. The normalized spacial score (nSPS) is 12.5. The number of rotatable bonds is 1. The number of aromatic amines is 1. The van der Waals surface area contributed by atoms with Crippen LogP contribution in [0, 0.1) is 0 Å². The van der Waals surface area contributed by atoms with E-state index < -0.39 is 0 Å². The summed E-state index contributed by atoms with van der Waals surface area (Å²) in [7, 11) is 0. The van der Waals surface area contributed by atoms with Gasteiger partial charge in [-0.15, -0.1) is 11.3 Å². The summed E-state index contributed by atoms with van der Waals surface area (Å²) in [5.74, 6) is 0. The van der Waals surface area contributed by atoms with Gasteiger partial charge in [-0.25, -0.2) is 0 Å². The molecule has 4 rings (SSSR count). The minimum absolute atomic E-state index is 0.969. The summed E-state index contributed by atoms with van der Waals surface area (Å²) in [6, 6.07) is 8.09. The summed E-state index contributed by atoms with van der Waals surface area (Å²) < 4.78 is 0. The molecule has 3 nitrogen and oxygen atoms in total. The number of hydrogen-bond acceptors (Lipinski definition) is 3. The molecule has 0 unspecified atom stereocenters. The molecule has 1 aliphatic rings. The standard InChI is InChI=1S/C13H9N3S/c1-2-5-14-10(3-1)13-9-7-11-8(4-6-17-11)12(9)15-16-13/h1-6H,7H2,(H,15,16). The van der Waals surface area contributed by atoms with Crippen molar-refractivity contribution in [3.8, 4) is 22.6 Å². The van der Waals surface area contributed by atoms with Gasteiger partial charge in [-0.2, -0.15) is 5.10 Å². The van der Waals surface area contributed by atoms with E-state index >= 15 is 0 Å². The summed E-state index contributed by atoms with van der Waals surface area (Å²) in [6.07, 6.45) is 2.79. The van der Waals surface area contributed by atoms with E-state index in [0.717, 1.165) is 23.5 Å². The number of H-pyrrole nitrogens is 1. The summed E-state index contributed by atoms with van der Waals surface area (Å²) >= 11 is 1.80. The molecule has 0 radical (unpaired) electrons. The van der Waals surface area contributed by atoms with Crippen LogP contribution in [0.4, 0.5) is 0 Å².